The fourth-order valence-corrected chi connectivity index (χ4v) is 6.68. The quantitative estimate of drug-likeness (QED) is 0.0225. The van der Waals surface area contributed by atoms with Crippen LogP contribution in [-0.4, -0.2) is 103 Å². The molecule has 0 aromatic heterocycles. The number of rotatable bonds is 24. The lowest BCUT2D eigenvalue weighted by Crippen LogP contribution is -2.64. The molecular weight excluding hydrogens is 806 g/mol. The van der Waals surface area contributed by atoms with Crippen molar-refractivity contribution in [2.45, 2.75) is 140 Å². The molecular formula is C38H74O16P2S. The number of terminal acetylenes is 1. The minimum atomic E-state index is -5.34. The highest BCUT2D eigenvalue weighted by Gasteiger charge is 2.54. The number of ether oxygens (including phenoxy) is 2. The molecule has 19 heteroatoms. The van der Waals surface area contributed by atoms with E-state index in [0.29, 0.717) is 6.42 Å². The molecule has 0 bridgehead atoms. The average molecular weight is 881 g/mol. The summed E-state index contributed by atoms with van der Waals surface area (Å²) in [7, 11) is -10.7. The zero-order chi connectivity index (χ0) is 41.8. The molecule has 4 unspecified atom stereocenters. The predicted molar refractivity (Wildman–Crippen MR) is 234 cm³/mol. The number of carbonyl (C=O) groups excluding carboxylic acids is 2. The van der Waals surface area contributed by atoms with Crippen molar-refractivity contribution in [3.63, 3.8) is 0 Å². The molecule has 0 amide bonds. The minimum Gasteiger partial charge on any atom is -0.456 e. The van der Waals surface area contributed by atoms with Crippen molar-refractivity contribution in [3.8, 4) is 71.5 Å². The third-order valence-electron chi connectivity index (χ3n) is 7.90. The van der Waals surface area contributed by atoms with Gasteiger partial charge in [-0.15, -0.1) is 6.42 Å². The third-order valence-corrected chi connectivity index (χ3v) is 9.41. The molecule has 0 aliphatic heterocycles. The highest BCUT2D eigenvalue weighted by Crippen LogP contribution is 2.48. The Labute approximate surface area is 357 Å². The van der Waals surface area contributed by atoms with E-state index in [-0.39, 0.29) is 35.6 Å². The topological polar surface area (TPSA) is 256 Å². The maximum atomic E-state index is 12.8. The first kappa shape index (κ1) is 53.7. The van der Waals surface area contributed by atoms with E-state index in [9.17, 15) is 44.0 Å². The summed E-state index contributed by atoms with van der Waals surface area (Å²) < 4.78 is 48.1. The Hall–Kier alpha value is -3.29. The number of hydrogen-bond acceptors (Lipinski definition) is 13. The first-order chi connectivity index (χ1) is 26.6. The van der Waals surface area contributed by atoms with Crippen LogP contribution in [0.3, 0.4) is 0 Å². The fourth-order valence-electron chi connectivity index (χ4n) is 5.14. The van der Waals surface area contributed by atoms with E-state index < -0.39 is 83.5 Å². The molecule has 1 saturated carbocycles. The molecule has 338 valence electrons. The van der Waals surface area contributed by atoms with Gasteiger partial charge >= 0.3 is 27.6 Å². The highest BCUT2D eigenvalue weighted by molar-refractivity contribution is 7.59. The van der Waals surface area contributed by atoms with Crippen LogP contribution in [0, 0.1) is 71.5 Å². The zero-order valence-corrected chi connectivity index (χ0v) is 34.4. The fraction of sp³-hybridized carbons (Fsp3) is 0.632. The van der Waals surface area contributed by atoms with Gasteiger partial charge in [0.25, 0.3) is 0 Å². The maximum Gasteiger partial charge on any atom is 0.472 e. The number of phosphoric ester groups is 2. The average Bonchev–Trinajstić information content (AvgIpc) is 3.14. The van der Waals surface area contributed by atoms with Crippen LogP contribution in [0.2, 0.25) is 0 Å². The first-order valence-electron chi connectivity index (χ1n) is 18.1. The van der Waals surface area contributed by atoms with E-state index in [1.165, 1.54) is 44.9 Å². The molecule has 0 radical (unpaired) electrons. The van der Waals surface area contributed by atoms with Crippen LogP contribution in [0.15, 0.2) is 0 Å². The van der Waals surface area contributed by atoms with Gasteiger partial charge in [-0.25, -0.2) is 13.9 Å². The minimum absolute atomic E-state index is 0. The van der Waals surface area contributed by atoms with Crippen molar-refractivity contribution in [1.29, 1.82) is 0 Å². The van der Waals surface area contributed by atoms with Crippen LogP contribution < -0.4 is 0 Å². The second kappa shape index (κ2) is 30.7. The third kappa shape index (κ3) is 25.6. The molecule has 0 heterocycles. The van der Waals surface area contributed by atoms with Crippen LogP contribution in [-0.2, 0) is 41.8 Å². The van der Waals surface area contributed by atoms with Crippen LogP contribution in [0.4, 0.5) is 0 Å². The van der Waals surface area contributed by atoms with E-state index in [1.54, 1.807) is 0 Å². The van der Waals surface area contributed by atoms with Gasteiger partial charge in [0, 0.05) is 28.0 Å². The van der Waals surface area contributed by atoms with Gasteiger partial charge in [-0.3, -0.25) is 18.4 Å². The molecule has 1 rings (SSSR count). The summed E-state index contributed by atoms with van der Waals surface area (Å²) in [5, 5.41) is 41.1. The summed E-state index contributed by atoms with van der Waals surface area (Å²) in [6.07, 6.45) is 3.91. The predicted octanol–water partition coefficient (Wildman–Crippen LogP) is 4.83. The zero-order valence-electron chi connectivity index (χ0n) is 31.6. The van der Waals surface area contributed by atoms with Crippen LogP contribution >= 0.6 is 29.1 Å². The number of aliphatic hydroxyl groups excluding tert-OH is 4. The van der Waals surface area contributed by atoms with Crippen molar-refractivity contribution in [1.82, 2.24) is 0 Å². The van der Waals surface area contributed by atoms with E-state index in [2.05, 4.69) is 70.7 Å². The van der Waals surface area contributed by atoms with Gasteiger partial charge in [-0.05, 0) is 65.6 Å². The van der Waals surface area contributed by atoms with Gasteiger partial charge in [0.1, 0.15) is 43.2 Å². The standard InChI is InChI=1S/C38H50O16P2.H2S.11H2/c1-3-5-7-9-11-13-15-16-17-19-21-23-25-27-32(40)52-30(28-50-31(39)26-24-22-20-18-14-12-10-8-6-4-2)29-51-56(48,49)54-38-35(43)33(41)37(34(42)36(38)44)53-55(45,46)47;;;;;;;;;;;;/h2,30,33-38,41-44H,3,5,7,9,11,13,15-17,19,21,23,25,27-29H2,1H3,(H,48,49)(H2,45,46,47);1H2;11*1H/t30-,33-,34+,35?,36-,37?,38?;;;;;;;;;;;;/m1............/s1. The Morgan fingerprint density at radius 2 is 1.07 bits per heavy atom. The summed E-state index contributed by atoms with van der Waals surface area (Å²) in [4.78, 5) is 53.2. The van der Waals surface area contributed by atoms with Crippen molar-refractivity contribution >= 4 is 41.1 Å². The second-order valence-electron chi connectivity index (χ2n) is 12.5. The first-order valence-corrected chi connectivity index (χ1v) is 21.1. The normalized spacial score (nSPS) is 21.1. The lowest BCUT2D eigenvalue weighted by atomic mass is 9.85. The van der Waals surface area contributed by atoms with Crippen LogP contribution in [0.25, 0.3) is 0 Å². The summed E-state index contributed by atoms with van der Waals surface area (Å²) in [6, 6.07) is 0. The Balaban J connectivity index is -0.000000261. The molecule has 0 saturated heterocycles. The lowest BCUT2D eigenvalue weighted by Gasteiger charge is -2.43. The Bertz CT molecular complexity index is 1730. The Morgan fingerprint density at radius 1 is 0.649 bits per heavy atom. The highest BCUT2D eigenvalue weighted by atomic mass is 32.1. The summed E-state index contributed by atoms with van der Waals surface area (Å²) in [6.45, 7) is 0.543. The van der Waals surface area contributed by atoms with Crippen molar-refractivity contribution in [2.75, 3.05) is 13.2 Å². The second-order valence-corrected chi connectivity index (χ2v) is 15.1. The van der Waals surface area contributed by atoms with Gasteiger partial charge in [0.15, 0.2) is 6.10 Å². The summed E-state index contributed by atoms with van der Waals surface area (Å²) >= 11 is 0. The van der Waals surface area contributed by atoms with Crippen molar-refractivity contribution in [2.24, 2.45) is 0 Å². The molecule has 8 atom stereocenters. The molecule has 7 N–H and O–H groups in total. The van der Waals surface area contributed by atoms with E-state index in [1.807, 2.05) is 5.92 Å². The number of phosphoric acid groups is 2. The van der Waals surface area contributed by atoms with Gasteiger partial charge in [0.05, 0.1) is 6.61 Å². The van der Waals surface area contributed by atoms with Gasteiger partial charge in [0.2, 0.25) is 0 Å². The molecule has 1 fully saturated rings. The van der Waals surface area contributed by atoms with Crippen molar-refractivity contribution in [3.05, 3.63) is 0 Å². The molecule has 1 aliphatic carbocycles. The molecule has 0 aromatic carbocycles. The number of hydrogen-bond donors (Lipinski definition) is 7. The SMILES string of the molecule is C#CC#CC#CC#CC#CC#CC(=O)OC[C@H](COP(=O)(O)OC1C(O)[C@@H](O)C(OP(=O)(O)O)[C@@H](O)[C@H]1O)OC(=O)CCCCCCCCCCCCCCC.S.[HH].[HH].[HH].[HH].[HH].[HH].[HH].[HH].[HH].[HH].[HH]. The van der Waals surface area contributed by atoms with E-state index in [0.717, 1.165) is 32.1 Å². The van der Waals surface area contributed by atoms with E-state index in [4.69, 9.17) is 34.7 Å². The largest absolute Gasteiger partial charge is 0.472 e. The molecule has 0 spiro atoms. The van der Waals surface area contributed by atoms with Crippen LogP contribution in [0.5, 0.6) is 0 Å². The number of carbonyl (C=O) groups is 2. The summed E-state index contributed by atoms with van der Waals surface area (Å²) in [5.41, 5.74) is 0. The monoisotopic (exact) mass is 880 g/mol. The summed E-state index contributed by atoms with van der Waals surface area (Å²) in [5.74, 6) is 23.1. The number of esters is 2. The smallest absolute Gasteiger partial charge is 0.456 e. The lowest BCUT2D eigenvalue weighted by molar-refractivity contribution is -0.216. The van der Waals surface area contributed by atoms with Crippen molar-refractivity contribution < 1.29 is 92.6 Å². The molecule has 0 aromatic rings. The van der Waals surface area contributed by atoms with Gasteiger partial charge in [-0.1, -0.05) is 84.0 Å². The maximum absolute atomic E-state index is 12.8. The Kier molecular flexibility index (Phi) is 29.0. The number of aliphatic hydroxyl groups is 4. The molecule has 57 heavy (non-hydrogen) atoms. The molecule has 1 aliphatic rings. The van der Waals surface area contributed by atoms with Gasteiger partial charge in [-0.2, -0.15) is 13.5 Å². The van der Waals surface area contributed by atoms with Crippen LogP contribution in [0.1, 0.15) is 113 Å². The van der Waals surface area contributed by atoms with Gasteiger partial charge < -0.3 is 44.6 Å². The number of unbranched alkanes of at least 4 members (excludes halogenated alkanes) is 12. The Morgan fingerprint density at radius 3 is 1.53 bits per heavy atom. The van der Waals surface area contributed by atoms with E-state index >= 15 is 0 Å². The molecule has 16 nitrogen and oxygen atoms in total.